The molecule has 0 saturated carbocycles. The standard InChI is InChI=1S/C10H11FN2O2/c1-7(15-11)9(12)10(14)13-8-5-3-2-4-6-8/h2-6H,12H2,1H3,(H,13,14)/b9-7+. The molecular weight excluding hydrogens is 199 g/mol. The average Bonchev–Trinajstić information content (AvgIpc) is 2.28. The SMILES string of the molecule is C/C(OF)=C(\N)C(=O)Nc1ccccc1. The Hall–Kier alpha value is -2.04. The number of carbonyl (C=O) groups is 1. The van der Waals surface area contributed by atoms with Gasteiger partial charge in [-0.05, 0) is 12.1 Å². The van der Waals surface area contributed by atoms with E-state index in [0.717, 1.165) is 0 Å². The summed E-state index contributed by atoms with van der Waals surface area (Å²) in [7, 11) is 0. The Morgan fingerprint density at radius 2 is 2.00 bits per heavy atom. The first-order valence-corrected chi connectivity index (χ1v) is 4.26. The number of anilines is 1. The van der Waals surface area contributed by atoms with Crippen LogP contribution in [-0.2, 0) is 9.74 Å². The second-order valence-electron chi connectivity index (χ2n) is 2.87. The normalized spacial score (nSPS) is 11.6. The molecule has 0 saturated heterocycles. The summed E-state index contributed by atoms with van der Waals surface area (Å²) < 4.78 is 11.7. The fourth-order valence-corrected chi connectivity index (χ4v) is 0.921. The van der Waals surface area contributed by atoms with E-state index in [2.05, 4.69) is 10.3 Å². The molecule has 1 amide bonds. The van der Waals surface area contributed by atoms with Crippen molar-refractivity contribution in [2.24, 2.45) is 5.73 Å². The maximum Gasteiger partial charge on any atom is 0.275 e. The van der Waals surface area contributed by atoms with E-state index in [4.69, 9.17) is 5.73 Å². The largest absolute Gasteiger partial charge is 0.391 e. The third kappa shape index (κ3) is 2.98. The monoisotopic (exact) mass is 210 g/mol. The Bertz CT molecular complexity index is 376. The van der Waals surface area contributed by atoms with Crippen molar-refractivity contribution >= 4 is 11.6 Å². The maximum absolute atomic E-state index is 11.7. The van der Waals surface area contributed by atoms with Gasteiger partial charge >= 0.3 is 0 Å². The van der Waals surface area contributed by atoms with Crippen LogP contribution in [0.3, 0.4) is 0 Å². The zero-order valence-electron chi connectivity index (χ0n) is 8.16. The lowest BCUT2D eigenvalue weighted by molar-refractivity contribution is -0.115. The van der Waals surface area contributed by atoms with Gasteiger partial charge in [-0.1, -0.05) is 18.2 Å². The average molecular weight is 210 g/mol. The number of halogens is 1. The van der Waals surface area contributed by atoms with Gasteiger partial charge in [0, 0.05) is 17.1 Å². The lowest BCUT2D eigenvalue weighted by atomic mass is 10.3. The number of amides is 1. The molecule has 80 valence electrons. The number of nitrogens with one attached hydrogen (secondary N) is 1. The van der Waals surface area contributed by atoms with E-state index < -0.39 is 5.91 Å². The minimum atomic E-state index is -0.601. The number of nitrogens with two attached hydrogens (primary N) is 1. The highest BCUT2D eigenvalue weighted by Gasteiger charge is 2.10. The highest BCUT2D eigenvalue weighted by molar-refractivity contribution is 6.03. The number of hydrogen-bond donors (Lipinski definition) is 2. The van der Waals surface area contributed by atoms with Gasteiger partial charge in [0.1, 0.15) is 5.70 Å². The third-order valence-corrected chi connectivity index (χ3v) is 1.77. The third-order valence-electron chi connectivity index (χ3n) is 1.77. The molecule has 0 radical (unpaired) electrons. The molecule has 0 bridgehead atoms. The van der Waals surface area contributed by atoms with Gasteiger partial charge < -0.3 is 11.1 Å². The van der Waals surface area contributed by atoms with Crippen molar-refractivity contribution in [2.75, 3.05) is 5.32 Å². The second-order valence-corrected chi connectivity index (χ2v) is 2.87. The summed E-state index contributed by atoms with van der Waals surface area (Å²) in [4.78, 5) is 14.7. The van der Waals surface area contributed by atoms with Crippen LogP contribution in [0.2, 0.25) is 0 Å². The molecule has 0 aromatic heterocycles. The van der Waals surface area contributed by atoms with E-state index in [9.17, 15) is 9.32 Å². The lowest BCUT2D eigenvalue weighted by Crippen LogP contribution is -2.21. The van der Waals surface area contributed by atoms with Crippen molar-refractivity contribution < 1.29 is 14.3 Å². The zero-order chi connectivity index (χ0) is 11.3. The zero-order valence-corrected chi connectivity index (χ0v) is 8.16. The lowest BCUT2D eigenvalue weighted by Gasteiger charge is -2.05. The number of rotatable bonds is 3. The first-order chi connectivity index (χ1) is 7.15. The van der Waals surface area contributed by atoms with Crippen molar-refractivity contribution in [1.29, 1.82) is 0 Å². The molecule has 1 aromatic rings. The first kappa shape index (κ1) is 11.0. The van der Waals surface area contributed by atoms with Crippen molar-refractivity contribution in [1.82, 2.24) is 0 Å². The van der Waals surface area contributed by atoms with E-state index in [1.165, 1.54) is 6.92 Å². The van der Waals surface area contributed by atoms with E-state index in [0.29, 0.717) is 5.69 Å². The molecule has 0 atom stereocenters. The van der Waals surface area contributed by atoms with Crippen LogP contribution < -0.4 is 11.1 Å². The summed E-state index contributed by atoms with van der Waals surface area (Å²) in [6, 6.07) is 8.71. The van der Waals surface area contributed by atoms with Gasteiger partial charge in [-0.15, -0.1) is 0 Å². The Morgan fingerprint density at radius 3 is 2.53 bits per heavy atom. The van der Waals surface area contributed by atoms with E-state index in [-0.39, 0.29) is 11.5 Å². The first-order valence-electron chi connectivity index (χ1n) is 4.26. The van der Waals surface area contributed by atoms with Crippen LogP contribution in [0.25, 0.3) is 0 Å². The Morgan fingerprint density at radius 1 is 1.40 bits per heavy atom. The molecule has 3 N–H and O–H groups in total. The molecule has 1 aromatic carbocycles. The molecule has 0 spiro atoms. The van der Waals surface area contributed by atoms with Gasteiger partial charge in [0.2, 0.25) is 0 Å². The molecule has 4 nitrogen and oxygen atoms in total. The van der Waals surface area contributed by atoms with Crippen LogP contribution in [0.5, 0.6) is 0 Å². The number of benzene rings is 1. The Labute approximate surface area is 86.4 Å². The van der Waals surface area contributed by atoms with E-state index >= 15 is 0 Å². The molecule has 0 aliphatic heterocycles. The predicted octanol–water partition coefficient (Wildman–Crippen LogP) is 1.72. The van der Waals surface area contributed by atoms with Crippen molar-refractivity contribution in [2.45, 2.75) is 6.92 Å². The number of carbonyl (C=O) groups excluding carboxylic acids is 1. The quantitative estimate of drug-likeness (QED) is 0.589. The van der Waals surface area contributed by atoms with Crippen molar-refractivity contribution in [3.8, 4) is 0 Å². The van der Waals surface area contributed by atoms with Crippen LogP contribution in [0.1, 0.15) is 6.92 Å². The minimum absolute atomic E-state index is 0.261. The van der Waals surface area contributed by atoms with Crippen molar-refractivity contribution in [3.05, 3.63) is 41.8 Å². The van der Waals surface area contributed by atoms with Crippen LogP contribution in [0.4, 0.5) is 10.2 Å². The van der Waals surface area contributed by atoms with Gasteiger partial charge in [0.05, 0.1) is 0 Å². The maximum atomic E-state index is 11.7. The second kappa shape index (κ2) is 4.99. The van der Waals surface area contributed by atoms with Gasteiger partial charge in [-0.2, -0.15) is 0 Å². The van der Waals surface area contributed by atoms with Crippen LogP contribution in [0, 0.1) is 0 Å². The summed E-state index contributed by atoms with van der Waals surface area (Å²) in [5.41, 5.74) is 5.61. The number of allylic oxidation sites excluding steroid dienone is 1. The Balaban J connectivity index is 2.73. The molecule has 0 aliphatic carbocycles. The molecule has 1 rings (SSSR count). The topological polar surface area (TPSA) is 64.3 Å². The van der Waals surface area contributed by atoms with Gasteiger partial charge in [-0.25, -0.2) is 0 Å². The van der Waals surface area contributed by atoms with Gasteiger partial charge in [0.25, 0.3) is 5.91 Å². The minimum Gasteiger partial charge on any atom is -0.391 e. The molecule has 5 heteroatoms. The predicted molar refractivity (Wildman–Crippen MR) is 54.2 cm³/mol. The van der Waals surface area contributed by atoms with Crippen LogP contribution in [-0.4, -0.2) is 5.91 Å². The summed E-state index contributed by atoms with van der Waals surface area (Å²) >= 11 is 0. The summed E-state index contributed by atoms with van der Waals surface area (Å²) in [5, 5.41) is 2.49. The molecule has 0 aliphatic rings. The van der Waals surface area contributed by atoms with Gasteiger partial charge in [0.15, 0.2) is 5.76 Å². The smallest absolute Gasteiger partial charge is 0.275 e. The summed E-state index contributed by atoms with van der Waals surface area (Å²) in [6.07, 6.45) is 0. The highest BCUT2D eigenvalue weighted by atomic mass is 19.3. The summed E-state index contributed by atoms with van der Waals surface area (Å²) in [5.74, 6) is -0.861. The molecule has 0 unspecified atom stereocenters. The van der Waals surface area contributed by atoms with Gasteiger partial charge in [-0.3, -0.25) is 9.74 Å². The molecule has 15 heavy (non-hydrogen) atoms. The fraction of sp³-hybridized carbons (Fsp3) is 0.100. The number of para-hydroxylation sites is 1. The fourth-order valence-electron chi connectivity index (χ4n) is 0.921. The highest BCUT2D eigenvalue weighted by Crippen LogP contribution is 2.08. The molecular formula is C10H11FN2O2. The van der Waals surface area contributed by atoms with Crippen molar-refractivity contribution in [3.63, 3.8) is 0 Å². The summed E-state index contributed by atoms with van der Waals surface area (Å²) in [6.45, 7) is 1.26. The Kier molecular flexibility index (Phi) is 3.68. The number of hydrogen-bond acceptors (Lipinski definition) is 3. The van der Waals surface area contributed by atoms with Crippen LogP contribution >= 0.6 is 0 Å². The van der Waals surface area contributed by atoms with Crippen LogP contribution in [0.15, 0.2) is 41.8 Å². The molecule has 0 fully saturated rings. The van der Waals surface area contributed by atoms with E-state index in [1.54, 1.807) is 24.3 Å². The molecule has 0 heterocycles. The van der Waals surface area contributed by atoms with E-state index in [1.807, 2.05) is 6.07 Å².